The first-order chi connectivity index (χ1) is 10.6. The van der Waals surface area contributed by atoms with Crippen LogP contribution < -0.4 is 4.90 Å². The maximum absolute atomic E-state index is 4.61. The van der Waals surface area contributed by atoms with E-state index in [2.05, 4.69) is 57.7 Å². The van der Waals surface area contributed by atoms with Crippen molar-refractivity contribution >= 4 is 16.6 Å². The van der Waals surface area contributed by atoms with Crippen LogP contribution in [-0.2, 0) is 6.54 Å². The molecule has 0 saturated heterocycles. The van der Waals surface area contributed by atoms with E-state index in [1.54, 1.807) is 0 Å². The van der Waals surface area contributed by atoms with Crippen molar-refractivity contribution in [2.45, 2.75) is 26.8 Å². The monoisotopic (exact) mass is 294 g/mol. The van der Waals surface area contributed by atoms with E-state index in [1.165, 1.54) is 11.1 Å². The number of hydrogen-bond donors (Lipinski definition) is 0. The largest absolute Gasteiger partial charge is 0.374 e. The first-order valence-electron chi connectivity index (χ1n) is 7.70. The molecule has 0 radical (unpaired) electrons. The third kappa shape index (κ3) is 2.96. The number of imidazole rings is 1. The van der Waals surface area contributed by atoms with Gasteiger partial charge in [-0.1, -0.05) is 18.2 Å². The zero-order chi connectivity index (χ0) is 15.5. The molecule has 0 unspecified atom stereocenters. The fourth-order valence-electron chi connectivity index (χ4n) is 2.84. The second-order valence-electron chi connectivity index (χ2n) is 5.74. The summed E-state index contributed by atoms with van der Waals surface area (Å²) in [7, 11) is 2.15. The highest BCUT2D eigenvalue weighted by Crippen LogP contribution is 2.25. The molecule has 4 nitrogen and oxygen atoms in total. The van der Waals surface area contributed by atoms with Gasteiger partial charge in [-0.05, 0) is 32.4 Å². The molecule has 0 bridgehead atoms. The number of pyridine rings is 1. The Hall–Kier alpha value is -2.36. The third-order valence-electron chi connectivity index (χ3n) is 4.05. The summed E-state index contributed by atoms with van der Waals surface area (Å²) in [6.45, 7) is 6.10. The van der Waals surface area contributed by atoms with Crippen LogP contribution in [0.25, 0.3) is 10.9 Å². The SMILES string of the molecule is Cc1cc(N(C)CCCn2ccnc2C)c2ccccc2n1. The molecule has 0 N–H and O–H groups in total. The number of fused-ring (bicyclic) bond motifs is 1. The van der Waals surface area contributed by atoms with Crippen LogP contribution in [0.2, 0.25) is 0 Å². The van der Waals surface area contributed by atoms with Crippen molar-refractivity contribution in [3.8, 4) is 0 Å². The molecule has 0 atom stereocenters. The van der Waals surface area contributed by atoms with Gasteiger partial charge in [0.2, 0.25) is 0 Å². The van der Waals surface area contributed by atoms with Gasteiger partial charge in [-0.2, -0.15) is 0 Å². The number of nitrogens with zero attached hydrogens (tertiary/aromatic N) is 4. The summed E-state index contributed by atoms with van der Waals surface area (Å²) in [5, 5.41) is 1.22. The van der Waals surface area contributed by atoms with Crippen LogP contribution >= 0.6 is 0 Å². The highest BCUT2D eigenvalue weighted by Gasteiger charge is 2.08. The molecule has 0 aliphatic heterocycles. The average Bonchev–Trinajstić information content (AvgIpc) is 2.91. The number of aryl methyl sites for hydroxylation is 3. The molecule has 0 aliphatic carbocycles. The van der Waals surface area contributed by atoms with Gasteiger partial charge in [0.05, 0.1) is 5.52 Å². The Kier molecular flexibility index (Phi) is 4.09. The van der Waals surface area contributed by atoms with Crippen molar-refractivity contribution < 1.29 is 0 Å². The summed E-state index contributed by atoms with van der Waals surface area (Å²) in [5.41, 5.74) is 3.38. The molecule has 0 saturated carbocycles. The Morgan fingerprint density at radius 1 is 1.18 bits per heavy atom. The Labute approximate surface area is 131 Å². The first-order valence-corrected chi connectivity index (χ1v) is 7.70. The topological polar surface area (TPSA) is 34.0 Å². The number of para-hydroxylation sites is 1. The maximum atomic E-state index is 4.61. The van der Waals surface area contributed by atoms with Gasteiger partial charge in [0.25, 0.3) is 0 Å². The number of benzene rings is 1. The molecule has 1 aromatic carbocycles. The van der Waals surface area contributed by atoms with Crippen LogP contribution in [0.1, 0.15) is 17.9 Å². The Morgan fingerprint density at radius 2 is 2.00 bits per heavy atom. The average molecular weight is 294 g/mol. The van der Waals surface area contributed by atoms with Gasteiger partial charge < -0.3 is 9.47 Å². The molecule has 114 valence electrons. The van der Waals surface area contributed by atoms with Crippen molar-refractivity contribution in [2.24, 2.45) is 0 Å². The Morgan fingerprint density at radius 3 is 2.77 bits per heavy atom. The van der Waals surface area contributed by atoms with E-state index in [0.717, 1.165) is 36.5 Å². The minimum Gasteiger partial charge on any atom is -0.374 e. The van der Waals surface area contributed by atoms with E-state index in [0.29, 0.717) is 0 Å². The van der Waals surface area contributed by atoms with Crippen LogP contribution in [0.15, 0.2) is 42.7 Å². The van der Waals surface area contributed by atoms with Gasteiger partial charge in [-0.25, -0.2) is 4.98 Å². The molecule has 0 fully saturated rings. The second kappa shape index (κ2) is 6.18. The zero-order valence-corrected chi connectivity index (χ0v) is 13.5. The highest BCUT2D eigenvalue weighted by atomic mass is 15.1. The number of aromatic nitrogens is 3. The zero-order valence-electron chi connectivity index (χ0n) is 13.5. The van der Waals surface area contributed by atoms with E-state index in [9.17, 15) is 0 Å². The highest BCUT2D eigenvalue weighted by molar-refractivity contribution is 5.91. The third-order valence-corrected chi connectivity index (χ3v) is 4.05. The van der Waals surface area contributed by atoms with Gasteiger partial charge in [0, 0.05) is 49.3 Å². The molecule has 22 heavy (non-hydrogen) atoms. The molecule has 2 aromatic heterocycles. The summed E-state index contributed by atoms with van der Waals surface area (Å²) in [6, 6.07) is 10.5. The van der Waals surface area contributed by atoms with E-state index in [4.69, 9.17) is 0 Å². The van der Waals surface area contributed by atoms with Gasteiger partial charge in [0.1, 0.15) is 5.82 Å². The molecule has 3 aromatic rings. The predicted molar refractivity (Wildman–Crippen MR) is 91.3 cm³/mol. The normalized spacial score (nSPS) is 11.0. The number of rotatable bonds is 5. The van der Waals surface area contributed by atoms with Crippen LogP contribution in [0.3, 0.4) is 0 Å². The molecule has 0 aliphatic rings. The van der Waals surface area contributed by atoms with Crippen LogP contribution in [-0.4, -0.2) is 28.1 Å². The molecular formula is C18H22N4. The fraction of sp³-hybridized carbons (Fsp3) is 0.333. The van der Waals surface area contributed by atoms with Gasteiger partial charge in [0.15, 0.2) is 0 Å². The maximum Gasteiger partial charge on any atom is 0.105 e. The summed E-state index contributed by atoms with van der Waals surface area (Å²) >= 11 is 0. The van der Waals surface area contributed by atoms with Gasteiger partial charge in [-0.3, -0.25) is 4.98 Å². The lowest BCUT2D eigenvalue weighted by Crippen LogP contribution is -2.20. The van der Waals surface area contributed by atoms with Gasteiger partial charge in [-0.15, -0.1) is 0 Å². The van der Waals surface area contributed by atoms with Crippen molar-refractivity contribution in [3.05, 3.63) is 54.2 Å². The standard InChI is InChI=1S/C18H22N4/c1-14-13-18(16-7-4-5-8-17(16)20-14)21(3)10-6-11-22-12-9-19-15(22)2/h4-5,7-9,12-13H,6,10-11H2,1-3H3. The van der Waals surface area contributed by atoms with Crippen molar-refractivity contribution in [1.29, 1.82) is 0 Å². The molecule has 3 rings (SSSR count). The van der Waals surface area contributed by atoms with Gasteiger partial charge >= 0.3 is 0 Å². The summed E-state index contributed by atoms with van der Waals surface area (Å²) in [6.07, 6.45) is 4.99. The van der Waals surface area contributed by atoms with E-state index in [1.807, 2.05) is 25.4 Å². The summed E-state index contributed by atoms with van der Waals surface area (Å²) in [5.74, 6) is 1.08. The van der Waals surface area contributed by atoms with Crippen molar-refractivity contribution in [2.75, 3.05) is 18.5 Å². The van der Waals surface area contributed by atoms with Crippen LogP contribution in [0, 0.1) is 13.8 Å². The molecule has 2 heterocycles. The fourth-order valence-corrected chi connectivity index (χ4v) is 2.84. The lowest BCUT2D eigenvalue weighted by Gasteiger charge is -2.22. The van der Waals surface area contributed by atoms with Crippen LogP contribution in [0.4, 0.5) is 5.69 Å². The summed E-state index contributed by atoms with van der Waals surface area (Å²) in [4.78, 5) is 11.2. The number of anilines is 1. The quantitative estimate of drug-likeness (QED) is 0.721. The molecular weight excluding hydrogens is 272 g/mol. The lowest BCUT2D eigenvalue weighted by molar-refractivity contribution is 0.623. The summed E-state index contributed by atoms with van der Waals surface area (Å²) < 4.78 is 2.20. The van der Waals surface area contributed by atoms with E-state index >= 15 is 0 Å². The minimum absolute atomic E-state index is 0.998. The Balaban J connectivity index is 1.75. The smallest absolute Gasteiger partial charge is 0.105 e. The Bertz CT molecular complexity index is 776. The molecule has 4 heteroatoms. The van der Waals surface area contributed by atoms with Crippen LogP contribution in [0.5, 0.6) is 0 Å². The van der Waals surface area contributed by atoms with Crippen molar-refractivity contribution in [1.82, 2.24) is 14.5 Å². The lowest BCUT2D eigenvalue weighted by atomic mass is 10.1. The molecule has 0 spiro atoms. The second-order valence-corrected chi connectivity index (χ2v) is 5.74. The minimum atomic E-state index is 0.998. The van der Waals surface area contributed by atoms with E-state index in [-0.39, 0.29) is 0 Å². The molecule has 0 amide bonds. The number of hydrogen-bond acceptors (Lipinski definition) is 3. The predicted octanol–water partition coefficient (Wildman–Crippen LogP) is 3.57. The first kappa shape index (κ1) is 14.6. The van der Waals surface area contributed by atoms with E-state index < -0.39 is 0 Å². The van der Waals surface area contributed by atoms with Crippen molar-refractivity contribution in [3.63, 3.8) is 0 Å².